The highest BCUT2D eigenvalue weighted by atomic mass is 32.1. The standard InChI is InChI=1S/C6H9S2/c1-3-5(2)6(8)4-7/h5H,3H2,1-2H3. The van der Waals surface area contributed by atoms with Crippen molar-refractivity contribution in [2.24, 2.45) is 5.92 Å². The minimum Gasteiger partial charge on any atom is -0.0830 e. The van der Waals surface area contributed by atoms with Gasteiger partial charge in [-0.05, 0) is 12.3 Å². The summed E-state index contributed by atoms with van der Waals surface area (Å²) in [5.41, 5.74) is 0. The molecule has 8 heavy (non-hydrogen) atoms. The summed E-state index contributed by atoms with van der Waals surface area (Å²) in [4.78, 5) is 0.780. The molecule has 0 amide bonds. The first kappa shape index (κ1) is 8.18. The topological polar surface area (TPSA) is 0 Å². The molecule has 45 valence electrons. The molecule has 0 fully saturated rings. The largest absolute Gasteiger partial charge is 0.0830 e. The van der Waals surface area contributed by atoms with Gasteiger partial charge in [0.05, 0.1) is 5.37 Å². The second-order valence-electron chi connectivity index (χ2n) is 1.78. The maximum Gasteiger partial charge on any atom is 0.0711 e. The molecule has 0 saturated carbocycles. The van der Waals surface area contributed by atoms with Crippen molar-refractivity contribution in [1.82, 2.24) is 0 Å². The van der Waals surface area contributed by atoms with Crippen molar-refractivity contribution in [1.29, 1.82) is 0 Å². The molecule has 1 radical (unpaired) electrons. The van der Waals surface area contributed by atoms with Gasteiger partial charge in [0.25, 0.3) is 0 Å². The number of rotatable bonds is 3. The van der Waals surface area contributed by atoms with Crippen molar-refractivity contribution < 1.29 is 0 Å². The lowest BCUT2D eigenvalue weighted by Crippen LogP contribution is -2.06. The van der Waals surface area contributed by atoms with Gasteiger partial charge in [0.2, 0.25) is 0 Å². The Labute approximate surface area is 61.3 Å². The van der Waals surface area contributed by atoms with Crippen molar-refractivity contribution in [3.8, 4) is 0 Å². The summed E-state index contributed by atoms with van der Waals surface area (Å²) in [6.45, 7) is 4.14. The Hall–Kier alpha value is 0.180. The summed E-state index contributed by atoms with van der Waals surface area (Å²) in [5, 5.41) is 2.53. The van der Waals surface area contributed by atoms with E-state index < -0.39 is 0 Å². The van der Waals surface area contributed by atoms with Gasteiger partial charge in [-0.3, -0.25) is 0 Å². The minimum absolute atomic E-state index is 0.433. The van der Waals surface area contributed by atoms with Crippen LogP contribution >= 0.6 is 24.4 Å². The normalized spacial score (nSPS) is 12.8. The van der Waals surface area contributed by atoms with E-state index >= 15 is 0 Å². The van der Waals surface area contributed by atoms with Crippen LogP contribution in [0.5, 0.6) is 0 Å². The zero-order valence-electron chi connectivity index (χ0n) is 5.10. The Bertz CT molecular complexity index is 96.7. The van der Waals surface area contributed by atoms with Gasteiger partial charge in [0, 0.05) is 4.86 Å². The summed E-state index contributed by atoms with van der Waals surface area (Å²) in [7, 11) is 0. The van der Waals surface area contributed by atoms with Gasteiger partial charge in [0.15, 0.2) is 0 Å². The predicted molar refractivity (Wildman–Crippen MR) is 44.7 cm³/mol. The molecule has 0 bridgehead atoms. The fraction of sp³-hybridized carbons (Fsp3) is 0.667. The Morgan fingerprint density at radius 2 is 2.25 bits per heavy atom. The van der Waals surface area contributed by atoms with Crippen LogP contribution in [-0.4, -0.2) is 10.2 Å². The third-order valence-corrected chi connectivity index (χ3v) is 2.01. The maximum absolute atomic E-state index is 4.86. The van der Waals surface area contributed by atoms with Crippen LogP contribution in [0.3, 0.4) is 0 Å². The highest BCUT2D eigenvalue weighted by molar-refractivity contribution is 7.88. The van der Waals surface area contributed by atoms with Crippen LogP contribution in [0, 0.1) is 5.92 Å². The first-order valence-corrected chi connectivity index (χ1v) is 3.46. The third-order valence-electron chi connectivity index (χ3n) is 1.16. The van der Waals surface area contributed by atoms with Crippen LogP contribution in [0.4, 0.5) is 0 Å². The maximum atomic E-state index is 4.86. The van der Waals surface area contributed by atoms with Crippen LogP contribution in [0.1, 0.15) is 20.3 Å². The van der Waals surface area contributed by atoms with E-state index in [4.69, 9.17) is 12.2 Å². The van der Waals surface area contributed by atoms with E-state index in [-0.39, 0.29) is 0 Å². The van der Waals surface area contributed by atoms with Crippen molar-refractivity contribution in [2.75, 3.05) is 0 Å². The van der Waals surface area contributed by atoms with Crippen LogP contribution in [0.2, 0.25) is 0 Å². The molecule has 0 aliphatic heterocycles. The molecule has 0 aromatic carbocycles. The van der Waals surface area contributed by atoms with Crippen LogP contribution in [-0.2, 0) is 0 Å². The minimum atomic E-state index is 0.433. The Morgan fingerprint density at radius 3 is 2.38 bits per heavy atom. The number of thiocarbonyl (C=S) groups is 2. The van der Waals surface area contributed by atoms with Crippen molar-refractivity contribution in [3.63, 3.8) is 0 Å². The summed E-state index contributed by atoms with van der Waals surface area (Å²) in [6, 6.07) is 0. The molecule has 0 aliphatic carbocycles. The molecule has 0 aromatic rings. The van der Waals surface area contributed by atoms with Gasteiger partial charge in [-0.2, -0.15) is 0 Å². The Kier molecular flexibility index (Phi) is 4.19. The summed E-state index contributed by atoms with van der Waals surface area (Å²) in [5.74, 6) is 0.433. The zero-order chi connectivity index (χ0) is 6.57. The first-order chi connectivity index (χ1) is 3.72. The highest BCUT2D eigenvalue weighted by Crippen LogP contribution is 2.01. The van der Waals surface area contributed by atoms with Gasteiger partial charge >= 0.3 is 0 Å². The van der Waals surface area contributed by atoms with E-state index in [1.807, 2.05) is 0 Å². The molecule has 0 spiro atoms. The van der Waals surface area contributed by atoms with Gasteiger partial charge < -0.3 is 0 Å². The molecule has 0 nitrogen and oxygen atoms in total. The van der Waals surface area contributed by atoms with E-state index in [9.17, 15) is 0 Å². The molecule has 0 rings (SSSR count). The van der Waals surface area contributed by atoms with Gasteiger partial charge in [-0.15, -0.1) is 0 Å². The SMILES string of the molecule is CCC(C)C(=S)[C]=S. The van der Waals surface area contributed by atoms with Gasteiger partial charge in [-0.25, -0.2) is 0 Å². The monoisotopic (exact) mass is 145 g/mol. The summed E-state index contributed by atoms with van der Waals surface area (Å²) < 4.78 is 0. The van der Waals surface area contributed by atoms with E-state index in [1.54, 1.807) is 0 Å². The summed E-state index contributed by atoms with van der Waals surface area (Å²) >= 11 is 9.39. The highest BCUT2D eigenvalue weighted by Gasteiger charge is 2.00. The average molecular weight is 145 g/mol. The molecule has 0 heterocycles. The molecule has 0 saturated heterocycles. The van der Waals surface area contributed by atoms with Crippen LogP contribution in [0.25, 0.3) is 0 Å². The van der Waals surface area contributed by atoms with Crippen LogP contribution < -0.4 is 0 Å². The van der Waals surface area contributed by atoms with E-state index in [0.29, 0.717) is 5.92 Å². The Morgan fingerprint density at radius 1 is 1.75 bits per heavy atom. The molecular formula is C6H9S2. The zero-order valence-corrected chi connectivity index (χ0v) is 6.73. The molecular weight excluding hydrogens is 136 g/mol. The molecule has 0 aromatic heterocycles. The Balaban J connectivity index is 3.62. The quantitative estimate of drug-likeness (QED) is 0.559. The number of hydrogen-bond donors (Lipinski definition) is 0. The predicted octanol–water partition coefficient (Wildman–Crippen LogP) is 2.28. The fourth-order valence-corrected chi connectivity index (χ4v) is 0.654. The fourth-order valence-electron chi connectivity index (χ4n) is 0.286. The smallest absolute Gasteiger partial charge is 0.0711 e. The molecule has 1 unspecified atom stereocenters. The lowest BCUT2D eigenvalue weighted by Gasteiger charge is -2.01. The van der Waals surface area contributed by atoms with E-state index in [1.165, 1.54) is 0 Å². The number of hydrogen-bond acceptors (Lipinski definition) is 2. The molecule has 0 aliphatic rings. The summed E-state index contributed by atoms with van der Waals surface area (Å²) in [6.07, 6.45) is 1.06. The van der Waals surface area contributed by atoms with Crippen LogP contribution in [0.15, 0.2) is 0 Å². The lowest BCUT2D eigenvalue weighted by molar-refractivity contribution is 0.757. The van der Waals surface area contributed by atoms with Gasteiger partial charge in [0.1, 0.15) is 0 Å². The second-order valence-corrected chi connectivity index (χ2v) is 2.42. The first-order valence-electron chi connectivity index (χ1n) is 2.64. The van der Waals surface area contributed by atoms with Gasteiger partial charge in [-0.1, -0.05) is 38.3 Å². The third kappa shape index (κ3) is 2.48. The molecule has 0 N–H and O–H groups in total. The van der Waals surface area contributed by atoms with Crippen molar-refractivity contribution >= 4 is 34.7 Å². The second kappa shape index (κ2) is 4.10. The van der Waals surface area contributed by atoms with E-state index in [0.717, 1.165) is 11.3 Å². The van der Waals surface area contributed by atoms with Crippen molar-refractivity contribution in [2.45, 2.75) is 20.3 Å². The average Bonchev–Trinajstić information content (AvgIpc) is 1.84. The van der Waals surface area contributed by atoms with Crippen molar-refractivity contribution in [3.05, 3.63) is 0 Å². The lowest BCUT2D eigenvalue weighted by atomic mass is 10.1. The molecule has 2 heteroatoms. The van der Waals surface area contributed by atoms with E-state index in [2.05, 4.69) is 31.4 Å². The molecule has 1 atom stereocenters.